The summed E-state index contributed by atoms with van der Waals surface area (Å²) in [7, 11) is 0. The SMILES string of the molecule is CCCCC(=O)N1C[C@@H](NC(=O)c2cc(N)cc(C(N)=O)c2)C[C@H]1C(=O)NC(C)c1ccccc1. The Hall–Kier alpha value is -3.88. The molecule has 6 N–H and O–H groups in total. The zero-order valence-electron chi connectivity index (χ0n) is 20.1. The fraction of sp³-hybridized carbons (Fsp3) is 0.385. The minimum atomic E-state index is -0.696. The highest BCUT2D eigenvalue weighted by Crippen LogP contribution is 2.23. The molecular formula is C26H33N5O4. The number of unbranched alkanes of at least 4 members (excludes halogenated alkanes) is 1. The fourth-order valence-corrected chi connectivity index (χ4v) is 4.26. The van der Waals surface area contributed by atoms with E-state index in [0.29, 0.717) is 6.42 Å². The van der Waals surface area contributed by atoms with Crippen molar-refractivity contribution in [1.29, 1.82) is 0 Å². The average Bonchev–Trinajstić information content (AvgIpc) is 3.26. The van der Waals surface area contributed by atoms with Crippen LogP contribution in [0.3, 0.4) is 0 Å². The molecule has 1 fully saturated rings. The number of carbonyl (C=O) groups is 4. The molecule has 1 saturated heterocycles. The third kappa shape index (κ3) is 6.59. The first-order valence-corrected chi connectivity index (χ1v) is 11.9. The summed E-state index contributed by atoms with van der Waals surface area (Å²) >= 11 is 0. The highest BCUT2D eigenvalue weighted by atomic mass is 16.2. The Morgan fingerprint density at radius 3 is 2.43 bits per heavy atom. The number of nitrogens with zero attached hydrogens (tertiary/aromatic N) is 1. The van der Waals surface area contributed by atoms with Gasteiger partial charge < -0.3 is 27.0 Å². The first kappa shape index (κ1) is 25.7. The molecule has 0 aromatic heterocycles. The van der Waals surface area contributed by atoms with Crippen molar-refractivity contribution in [3.8, 4) is 0 Å². The molecule has 35 heavy (non-hydrogen) atoms. The van der Waals surface area contributed by atoms with Gasteiger partial charge in [0.1, 0.15) is 6.04 Å². The van der Waals surface area contributed by atoms with Gasteiger partial charge >= 0.3 is 0 Å². The Balaban J connectivity index is 1.74. The Labute approximate surface area is 205 Å². The number of hydrogen-bond acceptors (Lipinski definition) is 5. The summed E-state index contributed by atoms with van der Waals surface area (Å²) in [6.07, 6.45) is 2.20. The molecule has 0 radical (unpaired) electrons. The third-order valence-corrected chi connectivity index (χ3v) is 6.16. The molecule has 2 aromatic rings. The second kappa shape index (κ2) is 11.5. The maximum atomic E-state index is 13.2. The molecule has 1 unspecified atom stereocenters. The van der Waals surface area contributed by atoms with Crippen molar-refractivity contribution >= 4 is 29.3 Å². The van der Waals surface area contributed by atoms with E-state index in [9.17, 15) is 19.2 Å². The summed E-state index contributed by atoms with van der Waals surface area (Å²) in [6.45, 7) is 4.11. The molecule has 1 aliphatic rings. The number of carbonyl (C=O) groups excluding carboxylic acids is 4. The van der Waals surface area contributed by atoms with Crippen LogP contribution in [0.1, 0.15) is 71.9 Å². The largest absolute Gasteiger partial charge is 0.399 e. The quantitative estimate of drug-likeness (QED) is 0.407. The van der Waals surface area contributed by atoms with Crippen LogP contribution in [0, 0.1) is 0 Å². The maximum Gasteiger partial charge on any atom is 0.251 e. The van der Waals surface area contributed by atoms with E-state index in [2.05, 4.69) is 10.6 Å². The Bertz CT molecular complexity index is 1090. The van der Waals surface area contributed by atoms with E-state index in [1.807, 2.05) is 44.2 Å². The summed E-state index contributed by atoms with van der Waals surface area (Å²) in [5.41, 5.74) is 12.7. The first-order chi connectivity index (χ1) is 16.7. The Kier molecular flexibility index (Phi) is 8.46. The molecule has 0 saturated carbocycles. The molecule has 9 nitrogen and oxygen atoms in total. The van der Waals surface area contributed by atoms with Crippen molar-refractivity contribution < 1.29 is 19.2 Å². The van der Waals surface area contributed by atoms with E-state index in [0.717, 1.165) is 18.4 Å². The van der Waals surface area contributed by atoms with Crippen molar-refractivity contribution in [2.24, 2.45) is 5.73 Å². The number of benzene rings is 2. The van der Waals surface area contributed by atoms with Crippen LogP contribution in [-0.2, 0) is 9.59 Å². The van der Waals surface area contributed by atoms with Crippen molar-refractivity contribution in [1.82, 2.24) is 15.5 Å². The van der Waals surface area contributed by atoms with E-state index in [1.165, 1.54) is 18.2 Å². The van der Waals surface area contributed by atoms with Gasteiger partial charge in [0.2, 0.25) is 17.7 Å². The maximum absolute atomic E-state index is 13.2. The van der Waals surface area contributed by atoms with Gasteiger partial charge in [-0.15, -0.1) is 0 Å². The number of rotatable bonds is 9. The molecule has 0 spiro atoms. The summed E-state index contributed by atoms with van der Waals surface area (Å²) < 4.78 is 0. The van der Waals surface area contributed by atoms with E-state index in [1.54, 1.807) is 4.90 Å². The first-order valence-electron chi connectivity index (χ1n) is 11.9. The fourth-order valence-electron chi connectivity index (χ4n) is 4.26. The lowest BCUT2D eigenvalue weighted by atomic mass is 10.1. The van der Waals surface area contributed by atoms with Crippen molar-refractivity contribution in [3.05, 3.63) is 65.2 Å². The van der Waals surface area contributed by atoms with Gasteiger partial charge in [0.25, 0.3) is 5.91 Å². The lowest BCUT2D eigenvalue weighted by molar-refractivity contribution is -0.138. The van der Waals surface area contributed by atoms with Gasteiger partial charge in [0.15, 0.2) is 0 Å². The van der Waals surface area contributed by atoms with Crippen molar-refractivity contribution in [3.63, 3.8) is 0 Å². The molecule has 0 aliphatic carbocycles. The van der Waals surface area contributed by atoms with Crippen LogP contribution in [0.15, 0.2) is 48.5 Å². The second-order valence-corrected chi connectivity index (χ2v) is 8.92. The van der Waals surface area contributed by atoms with Crippen LogP contribution in [0.5, 0.6) is 0 Å². The number of hydrogen-bond donors (Lipinski definition) is 4. The number of nitrogen functional groups attached to an aromatic ring is 1. The molecule has 3 rings (SSSR count). The monoisotopic (exact) mass is 479 g/mol. The molecule has 186 valence electrons. The topological polar surface area (TPSA) is 148 Å². The van der Waals surface area contributed by atoms with E-state index in [4.69, 9.17) is 11.5 Å². The number of nitrogens with two attached hydrogens (primary N) is 2. The highest BCUT2D eigenvalue weighted by Gasteiger charge is 2.40. The standard InChI is InChI=1S/C26H33N5O4/c1-3-4-10-23(32)31-15-21(30-25(34)19-11-18(24(28)33)12-20(27)13-19)14-22(31)26(35)29-16(2)17-8-6-5-7-9-17/h5-9,11-13,16,21-22H,3-4,10,14-15,27H2,1-2H3,(H2,28,33)(H,29,35)(H,30,34)/t16?,21-,22-/m0/s1. The highest BCUT2D eigenvalue weighted by molar-refractivity contribution is 6.00. The second-order valence-electron chi connectivity index (χ2n) is 8.92. The molecule has 3 atom stereocenters. The minimum absolute atomic E-state index is 0.115. The van der Waals surface area contributed by atoms with Gasteiger partial charge in [0.05, 0.1) is 6.04 Å². The summed E-state index contributed by atoms with van der Waals surface area (Å²) in [5, 5.41) is 5.88. The number of nitrogens with one attached hydrogen (secondary N) is 2. The van der Waals surface area contributed by atoms with Crippen LogP contribution >= 0.6 is 0 Å². The van der Waals surface area contributed by atoms with E-state index >= 15 is 0 Å². The molecule has 4 amide bonds. The predicted molar refractivity (Wildman–Crippen MR) is 133 cm³/mol. The van der Waals surface area contributed by atoms with Crippen LogP contribution in [0.4, 0.5) is 5.69 Å². The van der Waals surface area contributed by atoms with E-state index < -0.39 is 23.9 Å². The molecular weight excluding hydrogens is 446 g/mol. The summed E-state index contributed by atoms with van der Waals surface area (Å²) in [6, 6.07) is 12.4. The Morgan fingerprint density at radius 2 is 1.77 bits per heavy atom. The lowest BCUT2D eigenvalue weighted by Crippen LogP contribution is -2.46. The van der Waals surface area contributed by atoms with Crippen LogP contribution < -0.4 is 22.1 Å². The molecule has 0 bridgehead atoms. The molecule has 1 heterocycles. The van der Waals surface area contributed by atoms with Gasteiger partial charge in [-0.1, -0.05) is 43.7 Å². The van der Waals surface area contributed by atoms with Gasteiger partial charge in [0, 0.05) is 35.8 Å². The summed E-state index contributed by atoms with van der Waals surface area (Å²) in [5.74, 6) is -1.52. The zero-order valence-corrected chi connectivity index (χ0v) is 20.1. The summed E-state index contributed by atoms with van der Waals surface area (Å²) in [4.78, 5) is 52.1. The number of primary amides is 1. The molecule has 2 aromatic carbocycles. The van der Waals surface area contributed by atoms with E-state index in [-0.39, 0.29) is 47.6 Å². The van der Waals surface area contributed by atoms with Crippen molar-refractivity contribution in [2.45, 2.75) is 57.7 Å². The molecule has 1 aliphatic heterocycles. The van der Waals surface area contributed by atoms with Crippen molar-refractivity contribution in [2.75, 3.05) is 12.3 Å². The van der Waals surface area contributed by atoms with Gasteiger partial charge in [-0.05, 0) is 43.5 Å². The van der Waals surface area contributed by atoms with Crippen LogP contribution in [-0.4, -0.2) is 47.2 Å². The molecule has 9 heteroatoms. The third-order valence-electron chi connectivity index (χ3n) is 6.16. The Morgan fingerprint density at radius 1 is 1.09 bits per heavy atom. The lowest BCUT2D eigenvalue weighted by Gasteiger charge is -2.25. The number of likely N-dealkylation sites (tertiary alicyclic amines) is 1. The smallest absolute Gasteiger partial charge is 0.251 e. The zero-order chi connectivity index (χ0) is 25.5. The van der Waals surface area contributed by atoms with Crippen LogP contribution in [0.25, 0.3) is 0 Å². The van der Waals surface area contributed by atoms with Gasteiger partial charge in [-0.3, -0.25) is 19.2 Å². The van der Waals surface area contributed by atoms with Gasteiger partial charge in [-0.25, -0.2) is 0 Å². The van der Waals surface area contributed by atoms with Gasteiger partial charge in [-0.2, -0.15) is 0 Å². The number of anilines is 1. The normalized spacial score (nSPS) is 18.1. The number of amides is 4. The minimum Gasteiger partial charge on any atom is -0.399 e. The predicted octanol–water partition coefficient (Wildman–Crippen LogP) is 2.13. The average molecular weight is 480 g/mol. The van der Waals surface area contributed by atoms with Crippen LogP contribution in [0.2, 0.25) is 0 Å².